The summed E-state index contributed by atoms with van der Waals surface area (Å²) < 4.78 is 0. The number of aliphatic carboxylic acids is 1. The van der Waals surface area contributed by atoms with Gasteiger partial charge in [-0.15, -0.1) is 0 Å². The highest BCUT2D eigenvalue weighted by Crippen LogP contribution is 1.97. The van der Waals surface area contributed by atoms with Crippen LogP contribution in [0.4, 0.5) is 4.79 Å². The molecule has 0 rings (SSSR count). The van der Waals surface area contributed by atoms with E-state index in [4.69, 9.17) is 10.2 Å². The van der Waals surface area contributed by atoms with Gasteiger partial charge in [0.15, 0.2) is 6.04 Å². The molecule has 0 aromatic carbocycles. The Bertz CT molecular complexity index is 273. The lowest BCUT2D eigenvalue weighted by Crippen LogP contribution is -2.49. The molecule has 0 heterocycles. The minimum Gasteiger partial charge on any atom is -0.480 e. The van der Waals surface area contributed by atoms with Crippen molar-refractivity contribution in [2.75, 3.05) is 26.7 Å². The van der Waals surface area contributed by atoms with Crippen LogP contribution in [0.1, 0.15) is 20.3 Å². The summed E-state index contributed by atoms with van der Waals surface area (Å²) in [6.45, 7) is 4.64. The maximum Gasteiger partial charge on any atom is 0.328 e. The van der Waals surface area contributed by atoms with E-state index in [-0.39, 0.29) is 0 Å². The van der Waals surface area contributed by atoms with E-state index in [2.05, 4.69) is 29.4 Å². The number of amides is 2. The fourth-order valence-electron chi connectivity index (χ4n) is 1.27. The van der Waals surface area contributed by atoms with Crippen LogP contribution in [0.5, 0.6) is 0 Å². The monoisotopic (exact) mass is 261 g/mol. The lowest BCUT2D eigenvalue weighted by Gasteiger charge is -2.23. The number of carboxylic acid groups (broad SMARTS) is 1. The number of carboxylic acids is 1. The van der Waals surface area contributed by atoms with Gasteiger partial charge in [0.05, 0.1) is 6.61 Å². The van der Waals surface area contributed by atoms with Gasteiger partial charge in [0.25, 0.3) is 0 Å². The lowest BCUT2D eigenvalue weighted by molar-refractivity contribution is -0.140. The van der Waals surface area contributed by atoms with Gasteiger partial charge in [-0.05, 0) is 20.4 Å². The molecular formula is C11H23N3O4. The van der Waals surface area contributed by atoms with Crippen molar-refractivity contribution in [1.82, 2.24) is 15.5 Å². The average Bonchev–Trinajstić information content (AvgIpc) is 2.34. The second kappa shape index (κ2) is 8.71. The Balaban J connectivity index is 3.87. The van der Waals surface area contributed by atoms with Crippen LogP contribution in [-0.2, 0) is 4.79 Å². The Hall–Kier alpha value is -1.34. The van der Waals surface area contributed by atoms with Crippen molar-refractivity contribution < 1.29 is 19.8 Å². The lowest BCUT2D eigenvalue weighted by atomic mass is 10.2. The molecule has 0 aliphatic rings. The topological polar surface area (TPSA) is 102 Å². The van der Waals surface area contributed by atoms with Crippen LogP contribution in [-0.4, -0.2) is 65.9 Å². The van der Waals surface area contributed by atoms with Crippen molar-refractivity contribution in [3.8, 4) is 0 Å². The largest absolute Gasteiger partial charge is 0.480 e. The Morgan fingerprint density at radius 3 is 2.44 bits per heavy atom. The molecule has 0 bridgehead atoms. The van der Waals surface area contributed by atoms with Crippen molar-refractivity contribution >= 4 is 12.0 Å². The van der Waals surface area contributed by atoms with E-state index in [0.29, 0.717) is 19.1 Å². The molecule has 0 aliphatic heterocycles. The molecule has 7 heteroatoms. The van der Waals surface area contributed by atoms with Crippen molar-refractivity contribution in [2.24, 2.45) is 0 Å². The van der Waals surface area contributed by atoms with Crippen LogP contribution in [0.15, 0.2) is 0 Å². The standard InChI is InChI=1S/C11H23N3O4/c1-4-8(2)14(3)6-5-12-11(18)13-9(7-15)10(16)17/h8-9,15H,4-7H2,1-3H3,(H,16,17)(H2,12,13,18)/t8?,9-/m0/s1. The van der Waals surface area contributed by atoms with Gasteiger partial charge in [0.2, 0.25) is 0 Å². The zero-order valence-electron chi connectivity index (χ0n) is 11.1. The van der Waals surface area contributed by atoms with Crippen molar-refractivity contribution in [1.29, 1.82) is 0 Å². The number of aliphatic hydroxyl groups is 1. The van der Waals surface area contributed by atoms with Crippen LogP contribution in [0.3, 0.4) is 0 Å². The van der Waals surface area contributed by atoms with Crippen molar-refractivity contribution in [2.45, 2.75) is 32.4 Å². The van der Waals surface area contributed by atoms with Gasteiger partial charge in [-0.1, -0.05) is 6.92 Å². The summed E-state index contributed by atoms with van der Waals surface area (Å²) in [5.74, 6) is -1.26. The SMILES string of the molecule is CCC(C)N(C)CCNC(=O)N[C@@H](CO)C(=O)O. The first-order chi connectivity index (χ1) is 8.42. The summed E-state index contributed by atoms with van der Waals surface area (Å²) in [4.78, 5) is 24.0. The smallest absolute Gasteiger partial charge is 0.328 e. The highest BCUT2D eigenvalue weighted by atomic mass is 16.4. The third kappa shape index (κ3) is 6.41. The molecule has 7 nitrogen and oxygen atoms in total. The van der Waals surface area contributed by atoms with Crippen molar-refractivity contribution in [3.05, 3.63) is 0 Å². The minimum atomic E-state index is -1.27. The summed E-state index contributed by atoms with van der Waals surface area (Å²) >= 11 is 0. The maximum absolute atomic E-state index is 11.3. The Labute approximate surface area is 107 Å². The van der Waals surface area contributed by atoms with Crippen LogP contribution in [0.25, 0.3) is 0 Å². The number of carbonyl (C=O) groups is 2. The molecule has 18 heavy (non-hydrogen) atoms. The van der Waals surface area contributed by atoms with Crippen LogP contribution >= 0.6 is 0 Å². The number of carbonyl (C=O) groups excluding carboxylic acids is 1. The first-order valence-electron chi connectivity index (χ1n) is 6.00. The predicted octanol–water partition coefficient (Wildman–Crippen LogP) is -0.539. The van der Waals surface area contributed by atoms with Crippen molar-refractivity contribution in [3.63, 3.8) is 0 Å². The van der Waals surface area contributed by atoms with E-state index < -0.39 is 24.6 Å². The van der Waals surface area contributed by atoms with E-state index in [0.717, 1.165) is 6.42 Å². The zero-order valence-corrected chi connectivity index (χ0v) is 11.1. The molecule has 2 amide bonds. The zero-order chi connectivity index (χ0) is 14.1. The second-order valence-corrected chi connectivity index (χ2v) is 4.21. The molecule has 2 atom stereocenters. The van der Waals surface area contributed by atoms with Gasteiger partial charge in [-0.25, -0.2) is 9.59 Å². The number of nitrogens with one attached hydrogen (secondary N) is 2. The molecule has 0 aromatic heterocycles. The Morgan fingerprint density at radius 1 is 1.39 bits per heavy atom. The first-order valence-corrected chi connectivity index (χ1v) is 6.00. The molecule has 1 unspecified atom stereocenters. The number of aliphatic hydroxyl groups excluding tert-OH is 1. The summed E-state index contributed by atoms with van der Waals surface area (Å²) in [6, 6.07) is -1.43. The molecule has 0 aromatic rings. The molecule has 0 radical (unpaired) electrons. The number of nitrogens with zero attached hydrogens (tertiary/aromatic N) is 1. The maximum atomic E-state index is 11.3. The third-order valence-electron chi connectivity index (χ3n) is 2.88. The number of urea groups is 1. The van der Waals surface area contributed by atoms with Gasteiger partial charge < -0.3 is 25.7 Å². The molecule has 106 valence electrons. The molecule has 0 saturated heterocycles. The first kappa shape index (κ1) is 16.7. The fraction of sp³-hybridized carbons (Fsp3) is 0.818. The molecule has 4 N–H and O–H groups in total. The van der Waals surface area contributed by atoms with E-state index in [1.807, 2.05) is 7.05 Å². The Kier molecular flexibility index (Phi) is 8.06. The highest BCUT2D eigenvalue weighted by Gasteiger charge is 2.18. The van der Waals surface area contributed by atoms with E-state index in [1.165, 1.54) is 0 Å². The number of hydrogen-bond donors (Lipinski definition) is 4. The summed E-state index contributed by atoms with van der Waals surface area (Å²) in [6.07, 6.45) is 1.02. The Morgan fingerprint density at radius 2 is 2.00 bits per heavy atom. The average molecular weight is 261 g/mol. The van der Waals surface area contributed by atoms with E-state index in [9.17, 15) is 9.59 Å². The summed E-state index contributed by atoms with van der Waals surface area (Å²) in [7, 11) is 1.96. The fourth-order valence-corrected chi connectivity index (χ4v) is 1.27. The highest BCUT2D eigenvalue weighted by molar-refractivity contribution is 5.82. The summed E-state index contributed by atoms with van der Waals surface area (Å²) in [5, 5.41) is 22.1. The number of hydrogen-bond acceptors (Lipinski definition) is 4. The summed E-state index contributed by atoms with van der Waals surface area (Å²) in [5.41, 5.74) is 0. The minimum absolute atomic E-state index is 0.421. The number of rotatable bonds is 8. The quantitative estimate of drug-likeness (QED) is 0.470. The van der Waals surface area contributed by atoms with Gasteiger partial charge in [0, 0.05) is 19.1 Å². The van der Waals surface area contributed by atoms with Crippen LogP contribution < -0.4 is 10.6 Å². The van der Waals surface area contributed by atoms with E-state index >= 15 is 0 Å². The van der Waals surface area contributed by atoms with Gasteiger partial charge in [0.1, 0.15) is 0 Å². The number of likely N-dealkylation sites (N-methyl/N-ethyl adjacent to an activating group) is 1. The van der Waals surface area contributed by atoms with Gasteiger partial charge in [-0.2, -0.15) is 0 Å². The third-order valence-corrected chi connectivity index (χ3v) is 2.88. The molecule has 0 fully saturated rings. The second-order valence-electron chi connectivity index (χ2n) is 4.21. The molecule has 0 aliphatic carbocycles. The van der Waals surface area contributed by atoms with Crippen LogP contribution in [0.2, 0.25) is 0 Å². The normalized spacial score (nSPS) is 14.1. The van der Waals surface area contributed by atoms with Gasteiger partial charge >= 0.3 is 12.0 Å². The van der Waals surface area contributed by atoms with Gasteiger partial charge in [-0.3, -0.25) is 0 Å². The van der Waals surface area contributed by atoms with Crippen LogP contribution in [0, 0.1) is 0 Å². The molecular weight excluding hydrogens is 238 g/mol. The molecule has 0 spiro atoms. The molecule has 0 saturated carbocycles. The van der Waals surface area contributed by atoms with E-state index in [1.54, 1.807) is 0 Å². The predicted molar refractivity (Wildman–Crippen MR) is 67.4 cm³/mol.